The number of nitrogens with two attached hydrogens (primary N) is 1. The number of aromatic nitrogens is 2. The zero-order chi connectivity index (χ0) is 20.3. The first-order chi connectivity index (χ1) is 13.4. The lowest BCUT2D eigenvalue weighted by Crippen LogP contribution is -2.43. The Balaban J connectivity index is 1.79. The number of hydrogen-bond donors (Lipinski definition) is 3. The monoisotopic (exact) mass is 442 g/mol. The summed E-state index contributed by atoms with van der Waals surface area (Å²) in [5.41, 5.74) is 8.54. The predicted octanol–water partition coefficient (Wildman–Crippen LogP) is 3.11. The molecular formula is C18H17Cl2FN4O2S. The highest BCUT2D eigenvalue weighted by Crippen LogP contribution is 2.27. The van der Waals surface area contributed by atoms with E-state index in [4.69, 9.17) is 28.9 Å². The first-order valence-corrected chi connectivity index (χ1v) is 10.00. The van der Waals surface area contributed by atoms with Crippen molar-refractivity contribution in [2.45, 2.75) is 23.5 Å². The summed E-state index contributed by atoms with van der Waals surface area (Å²) in [7, 11) is 0. The Labute approximate surface area is 174 Å². The van der Waals surface area contributed by atoms with Crippen molar-refractivity contribution in [2.24, 2.45) is 5.73 Å². The van der Waals surface area contributed by atoms with Crippen LogP contribution in [0, 0.1) is 0 Å². The summed E-state index contributed by atoms with van der Waals surface area (Å²) < 4.78 is 13.3. The Morgan fingerprint density at radius 3 is 2.61 bits per heavy atom. The Kier molecular flexibility index (Phi) is 6.79. The lowest BCUT2D eigenvalue weighted by molar-refractivity contribution is -0.121. The van der Waals surface area contributed by atoms with Gasteiger partial charge in [0.1, 0.15) is 28.1 Å². The number of carbonyl (C=O) groups excluding carboxylic acids is 1. The molecule has 0 bridgehead atoms. The average molecular weight is 443 g/mol. The van der Waals surface area contributed by atoms with Crippen molar-refractivity contribution in [3.05, 3.63) is 47.1 Å². The first kappa shape index (κ1) is 20.9. The molecular weight excluding hydrogens is 426 g/mol. The number of rotatable bonds is 7. The van der Waals surface area contributed by atoms with Gasteiger partial charge in [-0.15, -0.1) is 0 Å². The number of aliphatic hydroxyl groups excluding tert-OH is 1. The normalized spacial score (nSPS) is 13.6. The van der Waals surface area contributed by atoms with Crippen LogP contribution in [0.5, 0.6) is 0 Å². The fourth-order valence-corrected chi connectivity index (χ4v) is 3.56. The second-order valence-electron chi connectivity index (χ2n) is 6.00. The third kappa shape index (κ3) is 4.59. The maximum Gasteiger partial charge on any atom is 0.253 e. The Morgan fingerprint density at radius 2 is 2.00 bits per heavy atom. The van der Waals surface area contributed by atoms with Crippen LogP contribution in [-0.4, -0.2) is 38.5 Å². The smallest absolute Gasteiger partial charge is 0.253 e. The zero-order valence-electron chi connectivity index (χ0n) is 14.5. The van der Waals surface area contributed by atoms with E-state index in [0.29, 0.717) is 12.1 Å². The van der Waals surface area contributed by atoms with Gasteiger partial charge < -0.3 is 16.2 Å². The van der Waals surface area contributed by atoms with E-state index in [1.165, 1.54) is 11.3 Å². The fourth-order valence-electron chi connectivity index (χ4n) is 2.67. The zero-order valence-corrected chi connectivity index (χ0v) is 16.8. The van der Waals surface area contributed by atoms with Gasteiger partial charge in [0.2, 0.25) is 0 Å². The highest BCUT2D eigenvalue weighted by Gasteiger charge is 2.25. The van der Waals surface area contributed by atoms with Crippen molar-refractivity contribution < 1.29 is 14.3 Å². The Morgan fingerprint density at radius 1 is 1.29 bits per heavy atom. The van der Waals surface area contributed by atoms with Gasteiger partial charge in [-0.05, 0) is 17.2 Å². The van der Waals surface area contributed by atoms with Crippen LogP contribution in [0.25, 0.3) is 21.5 Å². The standard InChI is InChI=1S/C18H17Cl2FN4O2S/c19-16(20)17(27)25-13(6-21)15(26)10-3-1-9(2-4-10)11-5-12-18(23-8-11)28-14(7-22)24-12/h1-5,8,13,15-16,26H,6-7,22H2,(H,25,27)/t13-,15+/m1/s1. The molecule has 28 heavy (non-hydrogen) atoms. The van der Waals surface area contributed by atoms with E-state index in [9.17, 15) is 14.3 Å². The third-order valence-corrected chi connectivity index (χ3v) is 5.52. The molecule has 0 radical (unpaired) electrons. The average Bonchev–Trinajstić information content (AvgIpc) is 3.13. The summed E-state index contributed by atoms with van der Waals surface area (Å²) in [6, 6.07) is 7.63. The maximum absolute atomic E-state index is 13.3. The molecule has 2 heterocycles. The molecule has 4 N–H and O–H groups in total. The molecule has 0 fully saturated rings. The summed E-state index contributed by atoms with van der Waals surface area (Å²) >= 11 is 12.4. The number of nitrogens with zero attached hydrogens (tertiary/aromatic N) is 2. The molecule has 0 saturated carbocycles. The lowest BCUT2D eigenvalue weighted by Gasteiger charge is -2.22. The summed E-state index contributed by atoms with van der Waals surface area (Å²) in [6.07, 6.45) is 0.485. The predicted molar refractivity (Wildman–Crippen MR) is 109 cm³/mol. The van der Waals surface area contributed by atoms with E-state index in [-0.39, 0.29) is 0 Å². The molecule has 2 atom stereocenters. The maximum atomic E-state index is 13.3. The van der Waals surface area contributed by atoms with Crippen LogP contribution >= 0.6 is 34.5 Å². The molecule has 0 unspecified atom stereocenters. The van der Waals surface area contributed by atoms with Gasteiger partial charge in [-0.25, -0.2) is 14.4 Å². The van der Waals surface area contributed by atoms with E-state index in [1.54, 1.807) is 30.5 Å². The molecule has 1 aromatic carbocycles. The Hall–Kier alpha value is -1.84. The number of nitrogens with one attached hydrogen (secondary N) is 1. The molecule has 0 spiro atoms. The second-order valence-corrected chi connectivity index (χ2v) is 8.16. The largest absolute Gasteiger partial charge is 0.386 e. The molecule has 0 saturated heterocycles. The fraction of sp³-hybridized carbons (Fsp3) is 0.278. The molecule has 148 valence electrons. The molecule has 0 aliphatic carbocycles. The van der Waals surface area contributed by atoms with E-state index >= 15 is 0 Å². The van der Waals surface area contributed by atoms with Gasteiger partial charge >= 0.3 is 0 Å². The molecule has 3 aromatic rings. The van der Waals surface area contributed by atoms with Gasteiger partial charge in [0.15, 0.2) is 4.84 Å². The van der Waals surface area contributed by atoms with Crippen molar-refractivity contribution in [3.8, 4) is 11.1 Å². The van der Waals surface area contributed by atoms with Gasteiger partial charge in [-0.3, -0.25) is 4.79 Å². The van der Waals surface area contributed by atoms with Gasteiger partial charge in [0, 0.05) is 18.3 Å². The number of halogens is 3. The van der Waals surface area contributed by atoms with Crippen molar-refractivity contribution in [2.75, 3.05) is 6.67 Å². The van der Waals surface area contributed by atoms with Crippen LogP contribution in [0.2, 0.25) is 0 Å². The van der Waals surface area contributed by atoms with Crippen molar-refractivity contribution in [3.63, 3.8) is 0 Å². The SMILES string of the molecule is NCc1nc2cc(-c3ccc([C@H](O)[C@@H](CF)NC(=O)C(Cl)Cl)cc3)cnc2s1. The number of alkyl halides is 3. The van der Waals surface area contributed by atoms with E-state index < -0.39 is 29.6 Å². The van der Waals surface area contributed by atoms with Crippen molar-refractivity contribution >= 4 is 50.8 Å². The number of thiazole rings is 1. The van der Waals surface area contributed by atoms with Crippen LogP contribution in [0.15, 0.2) is 36.5 Å². The van der Waals surface area contributed by atoms with Gasteiger partial charge in [-0.2, -0.15) is 0 Å². The van der Waals surface area contributed by atoms with Crippen molar-refractivity contribution in [1.29, 1.82) is 0 Å². The van der Waals surface area contributed by atoms with Gasteiger partial charge in [0.05, 0.1) is 6.04 Å². The number of carbonyl (C=O) groups is 1. The highest BCUT2D eigenvalue weighted by molar-refractivity contribution is 7.18. The lowest BCUT2D eigenvalue weighted by atomic mass is 9.99. The molecule has 6 nitrogen and oxygen atoms in total. The molecule has 0 aliphatic heterocycles. The molecule has 2 aromatic heterocycles. The van der Waals surface area contributed by atoms with Crippen LogP contribution in [0.3, 0.4) is 0 Å². The number of benzene rings is 1. The summed E-state index contributed by atoms with van der Waals surface area (Å²) in [6.45, 7) is -0.605. The summed E-state index contributed by atoms with van der Waals surface area (Å²) in [5.74, 6) is -0.763. The van der Waals surface area contributed by atoms with Gasteiger partial charge in [0.25, 0.3) is 5.91 Å². The summed E-state index contributed by atoms with van der Waals surface area (Å²) in [4.78, 5) is 19.9. The van der Waals surface area contributed by atoms with Gasteiger partial charge in [-0.1, -0.05) is 58.8 Å². The second kappa shape index (κ2) is 9.11. The van der Waals surface area contributed by atoms with Crippen LogP contribution in [0.4, 0.5) is 4.39 Å². The Bertz CT molecular complexity index is 968. The first-order valence-electron chi connectivity index (χ1n) is 8.31. The number of amides is 1. The van der Waals surface area contributed by atoms with Crippen LogP contribution in [-0.2, 0) is 11.3 Å². The van der Waals surface area contributed by atoms with Crippen molar-refractivity contribution in [1.82, 2.24) is 15.3 Å². The van der Waals surface area contributed by atoms with E-state index in [2.05, 4.69) is 15.3 Å². The van der Waals surface area contributed by atoms with Crippen LogP contribution in [0.1, 0.15) is 16.7 Å². The molecule has 10 heteroatoms. The number of hydrogen-bond acceptors (Lipinski definition) is 6. The van der Waals surface area contributed by atoms with E-state index in [1.807, 2.05) is 6.07 Å². The number of pyridine rings is 1. The number of fused-ring (bicyclic) bond motifs is 1. The minimum absolute atomic E-state index is 0.364. The number of aliphatic hydroxyl groups is 1. The molecule has 0 aliphatic rings. The quantitative estimate of drug-likeness (QED) is 0.488. The molecule has 3 rings (SSSR count). The minimum Gasteiger partial charge on any atom is -0.386 e. The van der Waals surface area contributed by atoms with Crippen LogP contribution < -0.4 is 11.1 Å². The highest BCUT2D eigenvalue weighted by atomic mass is 35.5. The van der Waals surface area contributed by atoms with E-state index in [0.717, 1.165) is 26.5 Å². The third-order valence-electron chi connectivity index (χ3n) is 4.13. The summed E-state index contributed by atoms with van der Waals surface area (Å²) in [5, 5.41) is 13.5. The minimum atomic E-state index is -1.34. The topological polar surface area (TPSA) is 101 Å². The molecule has 1 amide bonds.